The van der Waals surface area contributed by atoms with E-state index in [1.54, 1.807) is 0 Å². The monoisotopic (exact) mass is 423 g/mol. The Bertz CT molecular complexity index is 730. The largest absolute Gasteiger partial charge is 0.478 e. The van der Waals surface area contributed by atoms with Gasteiger partial charge in [0, 0.05) is 36.0 Å². The molecule has 0 bridgehead atoms. The molecule has 0 aliphatic carbocycles. The van der Waals surface area contributed by atoms with Crippen molar-refractivity contribution in [2.45, 2.75) is 19.3 Å². The summed E-state index contributed by atoms with van der Waals surface area (Å²) in [5.74, 6) is -3.50. The lowest BCUT2D eigenvalue weighted by Gasteiger charge is -2.10. The van der Waals surface area contributed by atoms with Crippen LogP contribution in [-0.4, -0.2) is 68.0 Å². The highest BCUT2D eigenvalue weighted by atomic mass is 16.5. The first-order valence-corrected chi connectivity index (χ1v) is 8.47. The molecule has 0 saturated heterocycles. The van der Waals surface area contributed by atoms with Gasteiger partial charge in [0.25, 0.3) is 0 Å². The number of carboxylic acids is 3. The van der Waals surface area contributed by atoms with Crippen LogP contribution in [0.1, 0.15) is 19.3 Å². The summed E-state index contributed by atoms with van der Waals surface area (Å²) in [6, 6.07) is -0.702. The summed E-state index contributed by atoms with van der Waals surface area (Å²) in [7, 11) is 0. The topological polar surface area (TPSA) is 178 Å². The molecule has 1 aromatic heterocycles. The minimum Gasteiger partial charge on any atom is -0.478 e. The van der Waals surface area contributed by atoms with E-state index in [9.17, 15) is 14.4 Å². The van der Waals surface area contributed by atoms with E-state index in [2.05, 4.69) is 34.7 Å². The van der Waals surface area contributed by atoms with Gasteiger partial charge in [-0.25, -0.2) is 14.4 Å². The first kappa shape index (κ1) is 24.1. The van der Waals surface area contributed by atoms with Crippen LogP contribution in [0.3, 0.4) is 0 Å². The van der Waals surface area contributed by atoms with Crippen molar-refractivity contribution in [2.75, 3.05) is 19.8 Å². The van der Waals surface area contributed by atoms with Crippen LogP contribution in [0, 0.1) is 0 Å². The van der Waals surface area contributed by atoms with Gasteiger partial charge in [0.1, 0.15) is 0 Å². The zero-order valence-electron chi connectivity index (χ0n) is 16.0. The average Bonchev–Trinajstić information content (AvgIpc) is 2.67. The molecule has 0 amide bonds. The van der Waals surface area contributed by atoms with Crippen molar-refractivity contribution in [1.29, 1.82) is 0 Å². The molecule has 0 unspecified atom stereocenters. The first-order chi connectivity index (χ1) is 14.1. The summed E-state index contributed by atoms with van der Waals surface area (Å²) >= 11 is 0. The van der Waals surface area contributed by atoms with Gasteiger partial charge >= 0.3 is 35.9 Å². The van der Waals surface area contributed by atoms with E-state index in [4.69, 9.17) is 29.5 Å². The van der Waals surface area contributed by atoms with E-state index in [1.165, 1.54) is 0 Å². The van der Waals surface area contributed by atoms with Crippen LogP contribution in [0.4, 0.5) is 0 Å². The summed E-state index contributed by atoms with van der Waals surface area (Å²) in [6.45, 7) is 9.81. The predicted octanol–water partition coefficient (Wildman–Crippen LogP) is 1.10. The van der Waals surface area contributed by atoms with Crippen molar-refractivity contribution in [2.24, 2.45) is 0 Å². The Balaban J connectivity index is 2.80. The third-order valence-electron chi connectivity index (χ3n) is 3.39. The second kappa shape index (κ2) is 11.8. The number of rotatable bonds is 15. The maximum atomic E-state index is 10.8. The number of ether oxygens (including phenoxy) is 3. The van der Waals surface area contributed by atoms with Crippen LogP contribution >= 0.6 is 0 Å². The molecule has 30 heavy (non-hydrogen) atoms. The molecule has 0 aliphatic rings. The van der Waals surface area contributed by atoms with Gasteiger partial charge in [-0.05, 0) is 0 Å². The number of aromatic nitrogens is 3. The van der Waals surface area contributed by atoms with Crippen molar-refractivity contribution in [3.05, 3.63) is 36.5 Å². The molecule has 1 heterocycles. The Morgan fingerprint density at radius 3 is 1.03 bits per heavy atom. The molecule has 0 spiro atoms. The second-order valence-corrected chi connectivity index (χ2v) is 5.70. The van der Waals surface area contributed by atoms with E-state index in [0.29, 0.717) is 0 Å². The molecule has 0 fully saturated rings. The molecule has 12 nitrogen and oxygen atoms in total. The van der Waals surface area contributed by atoms with Crippen LogP contribution in [0.15, 0.2) is 36.5 Å². The zero-order chi connectivity index (χ0) is 22.7. The summed E-state index contributed by atoms with van der Waals surface area (Å²) in [5, 5.41) is 26.4. The molecule has 0 aliphatic heterocycles. The van der Waals surface area contributed by atoms with Gasteiger partial charge < -0.3 is 29.5 Å². The average molecular weight is 423 g/mol. The van der Waals surface area contributed by atoms with E-state index >= 15 is 0 Å². The summed E-state index contributed by atoms with van der Waals surface area (Å²) in [5.41, 5.74) is -0.218. The minimum absolute atomic E-state index is 0.00423. The van der Waals surface area contributed by atoms with E-state index in [0.717, 1.165) is 0 Å². The molecule has 0 aromatic carbocycles. The van der Waals surface area contributed by atoms with E-state index in [-0.39, 0.29) is 73.8 Å². The standard InChI is InChI=1S/C18H21N3O9/c1-10(13(22)23)4-7-28-16-19-17(29-8-5-11(2)14(24)25)21-18(20-16)30-9-6-12(3)15(26)27/h1-9H2,(H,22,23)(H,24,25)(H,26,27). The molecular formula is C18H21N3O9. The van der Waals surface area contributed by atoms with Crippen LogP contribution in [0.5, 0.6) is 18.0 Å². The van der Waals surface area contributed by atoms with Gasteiger partial charge in [0.15, 0.2) is 0 Å². The minimum atomic E-state index is -1.17. The second-order valence-electron chi connectivity index (χ2n) is 5.70. The lowest BCUT2D eigenvalue weighted by molar-refractivity contribution is -0.133. The summed E-state index contributed by atoms with van der Waals surface area (Å²) in [6.07, 6.45) is 0.0127. The highest BCUT2D eigenvalue weighted by Crippen LogP contribution is 2.16. The zero-order valence-corrected chi connectivity index (χ0v) is 16.0. The Hall–Kier alpha value is -3.96. The highest BCUT2D eigenvalue weighted by molar-refractivity contribution is 5.86. The fourth-order valence-electron chi connectivity index (χ4n) is 1.63. The number of aliphatic carboxylic acids is 3. The Morgan fingerprint density at radius 1 is 0.600 bits per heavy atom. The van der Waals surface area contributed by atoms with E-state index < -0.39 is 17.9 Å². The van der Waals surface area contributed by atoms with E-state index in [1.807, 2.05) is 0 Å². The Kier molecular flexibility index (Phi) is 9.46. The van der Waals surface area contributed by atoms with Gasteiger partial charge in [0.05, 0.1) is 19.8 Å². The van der Waals surface area contributed by atoms with Crippen molar-refractivity contribution in [3.63, 3.8) is 0 Å². The van der Waals surface area contributed by atoms with Gasteiger partial charge in [-0.2, -0.15) is 0 Å². The Morgan fingerprint density at radius 2 is 0.833 bits per heavy atom. The number of carboxylic acid groups (broad SMARTS) is 3. The summed E-state index contributed by atoms with van der Waals surface area (Å²) in [4.78, 5) is 43.9. The first-order valence-electron chi connectivity index (χ1n) is 8.47. The van der Waals surface area contributed by atoms with Crippen molar-refractivity contribution < 1.29 is 43.9 Å². The SMILES string of the molecule is C=C(CCOc1nc(OCCC(=C)C(=O)O)nc(OCCC(=C)C(=O)O)n1)C(=O)O. The molecule has 1 aromatic rings. The smallest absolute Gasteiger partial charge is 0.331 e. The third kappa shape index (κ3) is 8.82. The fourth-order valence-corrected chi connectivity index (χ4v) is 1.63. The lowest BCUT2D eigenvalue weighted by atomic mass is 10.2. The van der Waals surface area contributed by atoms with Crippen LogP contribution in [-0.2, 0) is 14.4 Å². The molecule has 3 N–H and O–H groups in total. The number of carbonyl (C=O) groups is 3. The number of nitrogens with zero attached hydrogens (tertiary/aromatic N) is 3. The molecular weight excluding hydrogens is 402 g/mol. The maximum Gasteiger partial charge on any atom is 0.331 e. The molecule has 12 heteroatoms. The van der Waals surface area contributed by atoms with Crippen molar-refractivity contribution in [3.8, 4) is 18.0 Å². The van der Waals surface area contributed by atoms with Crippen LogP contribution < -0.4 is 14.2 Å². The normalized spacial score (nSPS) is 10.0. The van der Waals surface area contributed by atoms with Crippen molar-refractivity contribution in [1.82, 2.24) is 15.0 Å². The van der Waals surface area contributed by atoms with Gasteiger partial charge in [-0.3, -0.25) is 0 Å². The quantitative estimate of drug-likeness (QED) is 0.343. The molecule has 0 atom stereocenters. The fraction of sp³-hybridized carbons (Fsp3) is 0.333. The van der Waals surface area contributed by atoms with Gasteiger partial charge in [0.2, 0.25) is 0 Å². The lowest BCUT2D eigenvalue weighted by Crippen LogP contribution is -2.12. The van der Waals surface area contributed by atoms with Gasteiger partial charge in [-0.15, -0.1) is 15.0 Å². The van der Waals surface area contributed by atoms with Gasteiger partial charge in [-0.1, -0.05) is 19.7 Å². The molecule has 0 radical (unpaired) electrons. The Labute approximate surface area is 171 Å². The molecule has 0 saturated carbocycles. The van der Waals surface area contributed by atoms with Crippen LogP contribution in [0.25, 0.3) is 0 Å². The third-order valence-corrected chi connectivity index (χ3v) is 3.39. The molecule has 162 valence electrons. The molecule has 1 rings (SSSR count). The van der Waals surface area contributed by atoms with Crippen molar-refractivity contribution >= 4 is 17.9 Å². The highest BCUT2D eigenvalue weighted by Gasteiger charge is 2.13. The number of hydrogen-bond acceptors (Lipinski definition) is 9. The number of hydrogen-bond donors (Lipinski definition) is 3. The van der Waals surface area contributed by atoms with Crippen LogP contribution in [0.2, 0.25) is 0 Å². The summed E-state index contributed by atoms with van der Waals surface area (Å²) < 4.78 is 15.8. The maximum absolute atomic E-state index is 10.8. The predicted molar refractivity (Wildman–Crippen MR) is 100 cm³/mol.